The largest absolute Gasteiger partial charge is 0.329 e. The van der Waals surface area contributed by atoms with Gasteiger partial charge in [0.15, 0.2) is 10.9 Å². The summed E-state index contributed by atoms with van der Waals surface area (Å²) in [6.07, 6.45) is 1.95. The van der Waals surface area contributed by atoms with E-state index in [0.29, 0.717) is 10.9 Å². The first-order valence-corrected chi connectivity index (χ1v) is 11.1. The highest BCUT2D eigenvalue weighted by atomic mass is 32.1. The first-order valence-electron chi connectivity index (χ1n) is 10.6. The van der Waals surface area contributed by atoms with Gasteiger partial charge >= 0.3 is 0 Å². The topological polar surface area (TPSA) is 59.7 Å². The lowest BCUT2D eigenvalue weighted by molar-refractivity contribution is 0.657. The lowest BCUT2D eigenvalue weighted by Gasteiger charge is -2.11. The Morgan fingerprint density at radius 1 is 0.812 bits per heavy atom. The van der Waals surface area contributed by atoms with E-state index in [0.717, 1.165) is 30.2 Å². The zero-order valence-corrected chi connectivity index (χ0v) is 19.7. The average Bonchev–Trinajstić information content (AvgIpc) is 3.30. The number of hydrogen-bond donors (Lipinski definition) is 2. The summed E-state index contributed by atoms with van der Waals surface area (Å²) in [7, 11) is 0. The third kappa shape index (κ3) is 4.89. The summed E-state index contributed by atoms with van der Waals surface area (Å²) < 4.78 is 3.92. The van der Waals surface area contributed by atoms with Gasteiger partial charge in [0, 0.05) is 12.3 Å². The van der Waals surface area contributed by atoms with Crippen molar-refractivity contribution in [2.75, 3.05) is 10.6 Å². The Bertz CT molecular complexity index is 1250. The van der Waals surface area contributed by atoms with E-state index < -0.39 is 0 Å². The molecule has 0 fully saturated rings. The predicted molar refractivity (Wildman–Crippen MR) is 134 cm³/mol. The van der Waals surface area contributed by atoms with Gasteiger partial charge in [0.2, 0.25) is 0 Å². The van der Waals surface area contributed by atoms with Crippen LogP contribution in [-0.2, 0) is 13.1 Å². The molecule has 0 bridgehead atoms. The van der Waals surface area contributed by atoms with Crippen molar-refractivity contribution in [1.82, 2.24) is 19.6 Å². The minimum absolute atomic E-state index is 0.493. The van der Waals surface area contributed by atoms with Gasteiger partial charge in [-0.3, -0.25) is 9.36 Å². The molecule has 0 radical (unpaired) electrons. The van der Waals surface area contributed by atoms with Crippen LogP contribution in [-0.4, -0.2) is 24.7 Å². The van der Waals surface area contributed by atoms with Crippen molar-refractivity contribution >= 4 is 28.8 Å². The Balaban J connectivity index is 1.41. The summed E-state index contributed by atoms with van der Waals surface area (Å²) >= 11 is 5.55. The highest BCUT2D eigenvalue weighted by Crippen LogP contribution is 2.21. The van der Waals surface area contributed by atoms with Gasteiger partial charge < -0.3 is 10.6 Å². The maximum absolute atomic E-state index is 5.55. The average molecular weight is 445 g/mol. The number of aromatic nitrogens is 4. The van der Waals surface area contributed by atoms with Crippen molar-refractivity contribution in [3.63, 3.8) is 0 Å². The van der Waals surface area contributed by atoms with Crippen LogP contribution in [0.15, 0.2) is 60.8 Å². The van der Waals surface area contributed by atoms with Crippen LogP contribution in [0, 0.1) is 27.7 Å². The van der Waals surface area contributed by atoms with Gasteiger partial charge in [-0.1, -0.05) is 48.5 Å². The molecule has 6 nitrogen and oxygen atoms in total. The van der Waals surface area contributed by atoms with Gasteiger partial charge in [-0.15, -0.1) is 0 Å². The maximum atomic E-state index is 5.55. The Morgan fingerprint density at radius 2 is 1.44 bits per heavy atom. The van der Waals surface area contributed by atoms with Gasteiger partial charge in [0.1, 0.15) is 0 Å². The molecule has 0 aliphatic carbocycles. The first-order chi connectivity index (χ1) is 15.4. The maximum Gasteiger partial charge on any atom is 0.176 e. The van der Waals surface area contributed by atoms with Gasteiger partial charge in [0.05, 0.1) is 30.2 Å². The van der Waals surface area contributed by atoms with E-state index in [1.807, 2.05) is 40.7 Å². The second-order valence-corrected chi connectivity index (χ2v) is 8.44. The van der Waals surface area contributed by atoms with E-state index in [1.54, 1.807) is 0 Å². The summed E-state index contributed by atoms with van der Waals surface area (Å²) in [5, 5.41) is 16.3. The zero-order chi connectivity index (χ0) is 22.7. The van der Waals surface area contributed by atoms with E-state index in [9.17, 15) is 0 Å². The van der Waals surface area contributed by atoms with Gasteiger partial charge in [-0.05, 0) is 62.2 Å². The summed E-state index contributed by atoms with van der Waals surface area (Å²) in [6, 6.07) is 18.6. The highest BCUT2D eigenvalue weighted by molar-refractivity contribution is 7.80. The van der Waals surface area contributed by atoms with E-state index in [4.69, 9.17) is 17.3 Å². The lowest BCUT2D eigenvalue weighted by Crippen LogP contribution is -2.20. The molecule has 164 valence electrons. The summed E-state index contributed by atoms with van der Waals surface area (Å²) in [5.41, 5.74) is 7.89. The molecule has 0 aliphatic rings. The summed E-state index contributed by atoms with van der Waals surface area (Å²) in [4.78, 5) is 0. The highest BCUT2D eigenvalue weighted by Gasteiger charge is 2.14. The van der Waals surface area contributed by atoms with Crippen molar-refractivity contribution < 1.29 is 0 Å². The fourth-order valence-electron chi connectivity index (χ4n) is 3.72. The minimum Gasteiger partial charge on any atom is -0.329 e. The quantitative estimate of drug-likeness (QED) is 0.399. The molecule has 0 aliphatic heterocycles. The number of hydrogen-bond acceptors (Lipinski definition) is 3. The summed E-state index contributed by atoms with van der Waals surface area (Å²) in [6.45, 7) is 9.73. The molecule has 0 atom stereocenters. The molecular weight excluding hydrogens is 416 g/mol. The molecule has 0 unspecified atom stereocenters. The molecule has 4 rings (SSSR count). The lowest BCUT2D eigenvalue weighted by atomic mass is 10.1. The van der Waals surface area contributed by atoms with Crippen LogP contribution in [0.2, 0.25) is 0 Å². The van der Waals surface area contributed by atoms with Crippen LogP contribution < -0.4 is 10.6 Å². The Morgan fingerprint density at radius 3 is 2.09 bits per heavy atom. The van der Waals surface area contributed by atoms with Crippen LogP contribution in [0.1, 0.15) is 33.6 Å². The zero-order valence-electron chi connectivity index (χ0n) is 18.9. The minimum atomic E-state index is 0.493. The van der Waals surface area contributed by atoms with Crippen LogP contribution >= 0.6 is 12.2 Å². The molecule has 2 aromatic heterocycles. The van der Waals surface area contributed by atoms with Gasteiger partial charge in [-0.2, -0.15) is 10.2 Å². The molecule has 4 aromatic rings. The van der Waals surface area contributed by atoms with Crippen molar-refractivity contribution in [3.8, 4) is 0 Å². The number of aryl methyl sites for hydroxylation is 3. The van der Waals surface area contributed by atoms with Crippen LogP contribution in [0.5, 0.6) is 0 Å². The standard InChI is InChI=1S/C25H28N6S/c1-17-9-5-7-11-21(17)15-30-14-13-23(29-30)26-25(32)27-24-19(3)28-31(20(24)4)16-22-12-8-6-10-18(22)2/h5-14H,15-16H2,1-4H3,(H2,26,27,29,32). The van der Waals surface area contributed by atoms with Crippen LogP contribution in [0.4, 0.5) is 11.5 Å². The Hall–Kier alpha value is -3.45. The number of rotatable bonds is 6. The van der Waals surface area contributed by atoms with Crippen LogP contribution in [0.25, 0.3) is 0 Å². The van der Waals surface area contributed by atoms with Crippen LogP contribution in [0.3, 0.4) is 0 Å². The normalized spacial score (nSPS) is 10.9. The third-order valence-electron chi connectivity index (χ3n) is 5.68. The molecule has 0 saturated carbocycles. The molecule has 0 saturated heterocycles. The molecule has 0 amide bonds. The number of thiocarbonyl (C=S) groups is 1. The Labute approximate surface area is 194 Å². The molecule has 32 heavy (non-hydrogen) atoms. The monoisotopic (exact) mass is 444 g/mol. The SMILES string of the molecule is Cc1ccccc1Cn1ccc(NC(=S)Nc2c(C)nn(Cc3ccccc3C)c2C)n1. The van der Waals surface area contributed by atoms with Crippen molar-refractivity contribution in [3.05, 3.63) is 94.4 Å². The first kappa shape index (κ1) is 21.8. The van der Waals surface area contributed by atoms with E-state index in [1.165, 1.54) is 22.3 Å². The number of anilines is 2. The van der Waals surface area contributed by atoms with Crippen molar-refractivity contribution in [2.24, 2.45) is 0 Å². The van der Waals surface area contributed by atoms with Crippen molar-refractivity contribution in [1.29, 1.82) is 0 Å². The predicted octanol–water partition coefficient (Wildman–Crippen LogP) is 5.22. The van der Waals surface area contributed by atoms with E-state index in [2.05, 4.69) is 72.9 Å². The molecule has 2 aromatic carbocycles. The molecule has 0 spiro atoms. The van der Waals surface area contributed by atoms with E-state index in [-0.39, 0.29) is 0 Å². The second-order valence-electron chi connectivity index (χ2n) is 8.03. The smallest absolute Gasteiger partial charge is 0.176 e. The number of benzene rings is 2. The third-order valence-corrected chi connectivity index (χ3v) is 5.88. The fraction of sp³-hybridized carbons (Fsp3) is 0.240. The van der Waals surface area contributed by atoms with Gasteiger partial charge in [-0.25, -0.2) is 0 Å². The molecular formula is C25H28N6S. The number of nitrogens with one attached hydrogen (secondary N) is 2. The second kappa shape index (κ2) is 9.36. The fourth-order valence-corrected chi connectivity index (χ4v) is 3.93. The Kier molecular flexibility index (Phi) is 6.37. The summed E-state index contributed by atoms with van der Waals surface area (Å²) in [5.74, 6) is 0.707. The van der Waals surface area contributed by atoms with Crippen molar-refractivity contribution in [2.45, 2.75) is 40.8 Å². The molecule has 2 N–H and O–H groups in total. The van der Waals surface area contributed by atoms with Gasteiger partial charge in [0.25, 0.3) is 0 Å². The van der Waals surface area contributed by atoms with E-state index >= 15 is 0 Å². The number of nitrogens with zero attached hydrogens (tertiary/aromatic N) is 4. The molecule has 7 heteroatoms. The molecule has 2 heterocycles.